The van der Waals surface area contributed by atoms with Crippen LogP contribution < -0.4 is 10.2 Å². The van der Waals surface area contributed by atoms with Gasteiger partial charge in [-0.1, -0.05) is 60.2 Å². The fourth-order valence-corrected chi connectivity index (χ4v) is 4.30. The van der Waals surface area contributed by atoms with Crippen LogP contribution in [0.4, 0.5) is 5.69 Å². The number of nitrogens with zero attached hydrogens (tertiary/aromatic N) is 2. The smallest absolute Gasteiger partial charge is 0.258 e. The van der Waals surface area contributed by atoms with Crippen LogP contribution in [-0.4, -0.2) is 42.9 Å². The Labute approximate surface area is 202 Å². The first-order chi connectivity index (χ1) is 16.6. The normalized spacial score (nSPS) is 13.6. The second kappa shape index (κ2) is 11.6. The second-order valence-electron chi connectivity index (χ2n) is 8.98. The lowest BCUT2D eigenvalue weighted by Crippen LogP contribution is -2.34. The summed E-state index contributed by atoms with van der Waals surface area (Å²) in [5.74, 6) is -0.0138. The molecule has 1 aliphatic heterocycles. The summed E-state index contributed by atoms with van der Waals surface area (Å²) < 4.78 is 0. The lowest BCUT2D eigenvalue weighted by molar-refractivity contribution is -0.120. The number of carbonyl (C=O) groups excluding carboxylic acids is 2. The predicted octanol–water partition coefficient (Wildman–Crippen LogP) is 4.60. The molecule has 1 N–H and O–H groups in total. The van der Waals surface area contributed by atoms with Gasteiger partial charge in [-0.15, -0.1) is 0 Å². The molecule has 1 heterocycles. The van der Waals surface area contributed by atoms with E-state index in [0.29, 0.717) is 25.1 Å². The van der Waals surface area contributed by atoms with E-state index in [1.807, 2.05) is 85.8 Å². The van der Waals surface area contributed by atoms with Gasteiger partial charge in [0.25, 0.3) is 5.91 Å². The van der Waals surface area contributed by atoms with Crippen molar-refractivity contribution < 1.29 is 9.59 Å². The lowest BCUT2D eigenvalue weighted by atomic mass is 10.1. The van der Waals surface area contributed by atoms with Gasteiger partial charge < -0.3 is 15.1 Å². The van der Waals surface area contributed by atoms with Crippen molar-refractivity contribution in [3.05, 3.63) is 101 Å². The molecule has 5 heteroatoms. The molecule has 2 amide bonds. The number of likely N-dealkylation sites (tertiary alicyclic amines) is 1. The van der Waals surface area contributed by atoms with Crippen molar-refractivity contribution in [3.8, 4) is 0 Å². The number of aryl methyl sites for hydroxylation is 1. The minimum absolute atomic E-state index is 0.0313. The maximum absolute atomic E-state index is 13.4. The topological polar surface area (TPSA) is 52.7 Å². The van der Waals surface area contributed by atoms with Gasteiger partial charge in [0.05, 0.1) is 13.0 Å². The third kappa shape index (κ3) is 6.55. The zero-order chi connectivity index (χ0) is 23.8. The van der Waals surface area contributed by atoms with E-state index >= 15 is 0 Å². The van der Waals surface area contributed by atoms with Crippen molar-refractivity contribution in [2.24, 2.45) is 0 Å². The first-order valence-electron chi connectivity index (χ1n) is 12.1. The van der Waals surface area contributed by atoms with Gasteiger partial charge in [-0.25, -0.2) is 0 Å². The Morgan fingerprint density at radius 3 is 2.21 bits per heavy atom. The highest BCUT2D eigenvalue weighted by Crippen LogP contribution is 2.22. The molecule has 0 bridgehead atoms. The summed E-state index contributed by atoms with van der Waals surface area (Å²) in [5.41, 5.74) is 4.58. The summed E-state index contributed by atoms with van der Waals surface area (Å²) in [5, 5.41) is 3.03. The first-order valence-corrected chi connectivity index (χ1v) is 12.1. The molecule has 5 nitrogen and oxygen atoms in total. The number of benzene rings is 3. The molecule has 0 aliphatic carbocycles. The molecule has 0 atom stereocenters. The quantitative estimate of drug-likeness (QED) is 0.513. The number of nitrogens with one attached hydrogen (secondary N) is 1. The van der Waals surface area contributed by atoms with Gasteiger partial charge in [-0.2, -0.15) is 0 Å². The molecule has 0 saturated carbocycles. The minimum atomic E-state index is -0.0451. The molecule has 4 rings (SSSR count). The van der Waals surface area contributed by atoms with E-state index < -0.39 is 0 Å². The zero-order valence-electron chi connectivity index (χ0n) is 19.9. The third-order valence-electron chi connectivity index (χ3n) is 6.29. The summed E-state index contributed by atoms with van der Waals surface area (Å²) in [6.45, 7) is 6.37. The molecule has 0 radical (unpaired) electrons. The van der Waals surface area contributed by atoms with Crippen molar-refractivity contribution in [2.75, 3.05) is 31.1 Å². The fourth-order valence-electron chi connectivity index (χ4n) is 4.30. The average molecular weight is 456 g/mol. The molecule has 0 unspecified atom stereocenters. The number of anilines is 1. The summed E-state index contributed by atoms with van der Waals surface area (Å²) in [6, 6.07) is 25.4. The van der Waals surface area contributed by atoms with E-state index in [0.717, 1.165) is 42.0 Å². The van der Waals surface area contributed by atoms with E-state index in [1.165, 1.54) is 12.8 Å². The van der Waals surface area contributed by atoms with Crippen LogP contribution in [0.1, 0.15) is 39.9 Å². The van der Waals surface area contributed by atoms with Gasteiger partial charge >= 0.3 is 0 Å². The summed E-state index contributed by atoms with van der Waals surface area (Å²) in [4.78, 5) is 30.0. The van der Waals surface area contributed by atoms with E-state index in [1.54, 1.807) is 4.90 Å². The van der Waals surface area contributed by atoms with Crippen LogP contribution in [0.15, 0.2) is 78.9 Å². The summed E-state index contributed by atoms with van der Waals surface area (Å²) in [6.07, 6.45) is 2.85. The Morgan fingerprint density at radius 2 is 1.53 bits per heavy atom. The minimum Gasteiger partial charge on any atom is -0.355 e. The van der Waals surface area contributed by atoms with Crippen molar-refractivity contribution in [1.82, 2.24) is 10.2 Å². The molecule has 3 aromatic rings. The van der Waals surface area contributed by atoms with Gasteiger partial charge in [-0.3, -0.25) is 9.59 Å². The van der Waals surface area contributed by atoms with Gasteiger partial charge in [0.2, 0.25) is 5.91 Å². The van der Waals surface area contributed by atoms with E-state index in [9.17, 15) is 9.59 Å². The highest BCUT2D eigenvalue weighted by molar-refractivity contribution is 6.06. The molecule has 1 saturated heterocycles. The maximum atomic E-state index is 13.4. The molecular formula is C29H33N3O2. The molecular weight excluding hydrogens is 422 g/mol. The largest absolute Gasteiger partial charge is 0.355 e. The molecule has 0 spiro atoms. The van der Waals surface area contributed by atoms with Crippen LogP contribution in [0.5, 0.6) is 0 Å². The van der Waals surface area contributed by atoms with Crippen molar-refractivity contribution in [1.29, 1.82) is 0 Å². The lowest BCUT2D eigenvalue weighted by Gasteiger charge is -2.23. The van der Waals surface area contributed by atoms with Gasteiger partial charge in [0, 0.05) is 24.3 Å². The molecule has 1 aliphatic rings. The summed E-state index contributed by atoms with van der Waals surface area (Å²) in [7, 11) is 0. The van der Waals surface area contributed by atoms with Gasteiger partial charge in [-0.05, 0) is 68.2 Å². The highest BCUT2D eigenvalue weighted by Gasteiger charge is 2.18. The Balaban J connectivity index is 1.42. The molecule has 1 fully saturated rings. The Bertz CT molecular complexity index is 1070. The van der Waals surface area contributed by atoms with Crippen LogP contribution in [0.2, 0.25) is 0 Å². The second-order valence-corrected chi connectivity index (χ2v) is 8.98. The van der Waals surface area contributed by atoms with E-state index in [2.05, 4.69) is 10.2 Å². The molecule has 3 aromatic carbocycles. The van der Waals surface area contributed by atoms with Crippen molar-refractivity contribution in [3.63, 3.8) is 0 Å². The monoisotopic (exact) mass is 455 g/mol. The van der Waals surface area contributed by atoms with Crippen molar-refractivity contribution >= 4 is 17.5 Å². The summed E-state index contributed by atoms with van der Waals surface area (Å²) >= 11 is 0. The number of hydrogen-bond acceptors (Lipinski definition) is 3. The maximum Gasteiger partial charge on any atom is 0.258 e. The standard InChI is InChI=1S/C29H33N3O2/c1-23-9-13-26(14-10-23)29(34)32(22-25-7-3-2-4-8-25)27-15-11-24(12-16-27)21-28(33)30-17-20-31-18-5-6-19-31/h2-4,7-16H,5-6,17-22H2,1H3,(H,30,33). The van der Waals surface area contributed by atoms with E-state index in [-0.39, 0.29) is 11.8 Å². The molecule has 34 heavy (non-hydrogen) atoms. The molecule has 0 aromatic heterocycles. The van der Waals surface area contributed by atoms with Crippen LogP contribution >= 0.6 is 0 Å². The Kier molecular flexibility index (Phi) is 8.10. The Morgan fingerprint density at radius 1 is 0.853 bits per heavy atom. The highest BCUT2D eigenvalue weighted by atomic mass is 16.2. The van der Waals surface area contributed by atoms with Crippen LogP contribution in [-0.2, 0) is 17.8 Å². The average Bonchev–Trinajstić information content (AvgIpc) is 3.37. The Hall–Kier alpha value is -3.44. The van der Waals surface area contributed by atoms with Crippen LogP contribution in [0.3, 0.4) is 0 Å². The number of rotatable bonds is 9. The van der Waals surface area contributed by atoms with Crippen molar-refractivity contribution in [2.45, 2.75) is 32.7 Å². The number of carbonyl (C=O) groups is 2. The predicted molar refractivity (Wildman–Crippen MR) is 137 cm³/mol. The van der Waals surface area contributed by atoms with Gasteiger partial charge in [0.1, 0.15) is 0 Å². The molecule has 176 valence electrons. The van der Waals surface area contributed by atoms with Crippen LogP contribution in [0.25, 0.3) is 0 Å². The van der Waals surface area contributed by atoms with E-state index in [4.69, 9.17) is 0 Å². The third-order valence-corrected chi connectivity index (χ3v) is 6.29. The number of amides is 2. The van der Waals surface area contributed by atoms with Gasteiger partial charge in [0.15, 0.2) is 0 Å². The zero-order valence-corrected chi connectivity index (χ0v) is 19.9. The van der Waals surface area contributed by atoms with Crippen LogP contribution in [0, 0.1) is 6.92 Å². The first kappa shape index (κ1) is 23.7. The SMILES string of the molecule is Cc1ccc(C(=O)N(Cc2ccccc2)c2ccc(CC(=O)NCCN3CCCC3)cc2)cc1. The number of hydrogen-bond donors (Lipinski definition) is 1. The fraction of sp³-hybridized carbons (Fsp3) is 0.310.